The van der Waals surface area contributed by atoms with Gasteiger partial charge in [0.15, 0.2) is 0 Å². The molecule has 98 valence electrons. The Labute approximate surface area is 114 Å². The first-order valence-electron chi connectivity index (χ1n) is 6.87. The predicted molar refractivity (Wildman–Crippen MR) is 74.3 cm³/mol. The van der Waals surface area contributed by atoms with Crippen LogP contribution in [0.5, 0.6) is 0 Å². The van der Waals surface area contributed by atoms with Crippen LogP contribution >= 0.6 is 11.6 Å². The first-order valence-corrected chi connectivity index (χ1v) is 7.24. The molecule has 2 atom stereocenters. The number of aromatic nitrogens is 2. The SMILES string of the molecule is Cc1c(Cl)nc(C(C)C)nc1N1CC2CCC1C2. The van der Waals surface area contributed by atoms with Crippen LogP contribution in [0.15, 0.2) is 0 Å². The Kier molecular flexibility index (Phi) is 2.97. The summed E-state index contributed by atoms with van der Waals surface area (Å²) in [6, 6.07) is 0.680. The minimum absolute atomic E-state index is 0.321. The van der Waals surface area contributed by atoms with Crippen LogP contribution in [0.3, 0.4) is 0 Å². The number of hydrogen-bond acceptors (Lipinski definition) is 3. The van der Waals surface area contributed by atoms with Gasteiger partial charge < -0.3 is 4.90 Å². The summed E-state index contributed by atoms with van der Waals surface area (Å²) in [7, 11) is 0. The van der Waals surface area contributed by atoms with Gasteiger partial charge in [0.05, 0.1) is 0 Å². The van der Waals surface area contributed by atoms with E-state index in [4.69, 9.17) is 16.6 Å². The van der Waals surface area contributed by atoms with E-state index >= 15 is 0 Å². The summed E-state index contributed by atoms with van der Waals surface area (Å²) >= 11 is 6.27. The van der Waals surface area contributed by atoms with E-state index in [1.165, 1.54) is 19.3 Å². The van der Waals surface area contributed by atoms with Gasteiger partial charge in [-0.1, -0.05) is 25.4 Å². The molecule has 2 bridgehead atoms. The molecule has 2 unspecified atom stereocenters. The van der Waals surface area contributed by atoms with E-state index in [1.807, 2.05) is 6.92 Å². The molecule has 0 spiro atoms. The second kappa shape index (κ2) is 4.37. The molecule has 1 aliphatic carbocycles. The van der Waals surface area contributed by atoms with Gasteiger partial charge in [0, 0.05) is 24.1 Å². The topological polar surface area (TPSA) is 29.0 Å². The van der Waals surface area contributed by atoms with Crippen molar-refractivity contribution in [3.63, 3.8) is 0 Å². The van der Waals surface area contributed by atoms with Crippen molar-refractivity contribution in [3.05, 3.63) is 16.5 Å². The van der Waals surface area contributed by atoms with Gasteiger partial charge in [-0.3, -0.25) is 0 Å². The number of nitrogens with zero attached hydrogens (tertiary/aromatic N) is 3. The van der Waals surface area contributed by atoms with E-state index in [0.29, 0.717) is 17.1 Å². The van der Waals surface area contributed by atoms with Gasteiger partial charge in [0.1, 0.15) is 16.8 Å². The van der Waals surface area contributed by atoms with Crippen molar-refractivity contribution in [3.8, 4) is 0 Å². The quantitative estimate of drug-likeness (QED) is 0.766. The molecule has 1 saturated carbocycles. The highest BCUT2D eigenvalue weighted by molar-refractivity contribution is 6.30. The van der Waals surface area contributed by atoms with E-state index < -0.39 is 0 Å². The molecule has 1 aliphatic heterocycles. The third-order valence-corrected chi connectivity index (χ3v) is 4.64. The summed E-state index contributed by atoms with van der Waals surface area (Å²) in [5, 5.41) is 0.617. The summed E-state index contributed by atoms with van der Waals surface area (Å²) in [6.45, 7) is 7.41. The van der Waals surface area contributed by atoms with E-state index in [1.54, 1.807) is 0 Å². The Morgan fingerprint density at radius 1 is 1.28 bits per heavy atom. The first-order chi connectivity index (χ1) is 8.56. The number of piperidine rings is 1. The van der Waals surface area contributed by atoms with Crippen LogP contribution in [0.2, 0.25) is 5.15 Å². The highest BCUT2D eigenvalue weighted by Crippen LogP contribution is 2.41. The summed E-state index contributed by atoms with van der Waals surface area (Å²) in [5.74, 6) is 3.13. The van der Waals surface area contributed by atoms with E-state index in [-0.39, 0.29) is 0 Å². The fraction of sp³-hybridized carbons (Fsp3) is 0.714. The highest BCUT2D eigenvalue weighted by Gasteiger charge is 2.39. The van der Waals surface area contributed by atoms with Gasteiger partial charge in [-0.15, -0.1) is 0 Å². The minimum atomic E-state index is 0.321. The lowest BCUT2D eigenvalue weighted by Gasteiger charge is -2.30. The maximum Gasteiger partial charge on any atom is 0.137 e. The molecule has 4 heteroatoms. The van der Waals surface area contributed by atoms with Crippen molar-refractivity contribution >= 4 is 17.4 Å². The molecule has 2 fully saturated rings. The Morgan fingerprint density at radius 2 is 2.06 bits per heavy atom. The monoisotopic (exact) mass is 265 g/mol. The van der Waals surface area contributed by atoms with Crippen LogP contribution in [-0.2, 0) is 0 Å². The Balaban J connectivity index is 2.00. The van der Waals surface area contributed by atoms with Gasteiger partial charge in [-0.05, 0) is 32.1 Å². The van der Waals surface area contributed by atoms with Crippen LogP contribution in [0.1, 0.15) is 50.4 Å². The van der Waals surface area contributed by atoms with Crippen LogP contribution in [0.4, 0.5) is 5.82 Å². The van der Waals surface area contributed by atoms with Crippen molar-refractivity contribution in [2.24, 2.45) is 5.92 Å². The van der Waals surface area contributed by atoms with Crippen molar-refractivity contribution in [2.45, 2.75) is 52.0 Å². The zero-order valence-electron chi connectivity index (χ0n) is 11.3. The maximum atomic E-state index is 6.27. The Bertz CT molecular complexity index is 472. The summed E-state index contributed by atoms with van der Waals surface area (Å²) in [6.07, 6.45) is 4.02. The average molecular weight is 266 g/mol. The fourth-order valence-electron chi connectivity index (χ4n) is 3.22. The first kappa shape index (κ1) is 12.2. The van der Waals surface area contributed by atoms with Gasteiger partial charge in [-0.25, -0.2) is 9.97 Å². The van der Waals surface area contributed by atoms with E-state index in [9.17, 15) is 0 Å². The number of rotatable bonds is 2. The molecule has 0 aromatic carbocycles. The van der Waals surface area contributed by atoms with Gasteiger partial charge in [-0.2, -0.15) is 0 Å². The van der Waals surface area contributed by atoms with Crippen LogP contribution in [-0.4, -0.2) is 22.6 Å². The third kappa shape index (κ3) is 1.89. The van der Waals surface area contributed by atoms with Crippen molar-refractivity contribution in [2.75, 3.05) is 11.4 Å². The molecular weight excluding hydrogens is 246 g/mol. The molecular formula is C14H20ClN3. The van der Waals surface area contributed by atoms with Gasteiger partial charge >= 0.3 is 0 Å². The molecule has 0 amide bonds. The molecule has 2 aliphatic rings. The molecule has 3 nitrogen and oxygen atoms in total. The third-order valence-electron chi connectivity index (χ3n) is 4.28. The number of fused-ring (bicyclic) bond motifs is 2. The molecule has 1 aromatic heterocycles. The number of hydrogen-bond donors (Lipinski definition) is 0. The molecule has 0 radical (unpaired) electrons. The standard InChI is InChI=1S/C14H20ClN3/c1-8(2)13-16-12(15)9(3)14(17-13)18-7-10-4-5-11(18)6-10/h8,10-11H,4-7H2,1-3H3. The fourth-order valence-corrected chi connectivity index (χ4v) is 3.39. The average Bonchev–Trinajstić information content (AvgIpc) is 2.94. The smallest absolute Gasteiger partial charge is 0.137 e. The lowest BCUT2D eigenvalue weighted by atomic mass is 10.1. The second-order valence-electron chi connectivity index (χ2n) is 5.96. The number of anilines is 1. The summed E-state index contributed by atoms with van der Waals surface area (Å²) in [5.41, 5.74) is 1.04. The summed E-state index contributed by atoms with van der Waals surface area (Å²) in [4.78, 5) is 11.6. The van der Waals surface area contributed by atoms with Crippen molar-refractivity contribution in [1.29, 1.82) is 0 Å². The van der Waals surface area contributed by atoms with Crippen molar-refractivity contribution < 1.29 is 0 Å². The lowest BCUT2D eigenvalue weighted by Crippen LogP contribution is -2.33. The molecule has 2 heterocycles. The molecule has 0 N–H and O–H groups in total. The molecule has 3 rings (SSSR count). The maximum absolute atomic E-state index is 6.27. The zero-order valence-corrected chi connectivity index (χ0v) is 12.0. The second-order valence-corrected chi connectivity index (χ2v) is 6.32. The Hall–Kier alpha value is -0.830. The zero-order chi connectivity index (χ0) is 12.9. The van der Waals surface area contributed by atoms with Crippen LogP contribution in [0, 0.1) is 12.8 Å². The highest BCUT2D eigenvalue weighted by atomic mass is 35.5. The van der Waals surface area contributed by atoms with E-state index in [2.05, 4.69) is 23.7 Å². The number of halogens is 1. The molecule has 1 aromatic rings. The van der Waals surface area contributed by atoms with Gasteiger partial charge in [0.25, 0.3) is 0 Å². The lowest BCUT2D eigenvalue weighted by molar-refractivity contribution is 0.548. The van der Waals surface area contributed by atoms with Gasteiger partial charge in [0.2, 0.25) is 0 Å². The largest absolute Gasteiger partial charge is 0.353 e. The van der Waals surface area contributed by atoms with E-state index in [0.717, 1.165) is 29.7 Å². The normalized spacial score (nSPS) is 26.4. The molecule has 1 saturated heterocycles. The van der Waals surface area contributed by atoms with Crippen LogP contribution in [0.25, 0.3) is 0 Å². The minimum Gasteiger partial charge on any atom is -0.353 e. The Morgan fingerprint density at radius 3 is 2.61 bits per heavy atom. The van der Waals surface area contributed by atoms with Crippen LogP contribution < -0.4 is 4.90 Å². The summed E-state index contributed by atoms with van der Waals surface area (Å²) < 4.78 is 0. The predicted octanol–water partition coefficient (Wildman–Crippen LogP) is 3.55. The molecule has 18 heavy (non-hydrogen) atoms. The van der Waals surface area contributed by atoms with Crippen molar-refractivity contribution in [1.82, 2.24) is 9.97 Å².